The second kappa shape index (κ2) is 7.45. The highest BCUT2D eigenvalue weighted by atomic mass is 32.1. The molecule has 2 aromatic rings. The van der Waals surface area contributed by atoms with Crippen molar-refractivity contribution in [1.29, 1.82) is 0 Å². The van der Waals surface area contributed by atoms with Gasteiger partial charge in [0.25, 0.3) is 0 Å². The molecule has 0 spiro atoms. The molecule has 3 nitrogen and oxygen atoms in total. The Morgan fingerprint density at radius 1 is 1.27 bits per heavy atom. The quantitative estimate of drug-likeness (QED) is 0.771. The van der Waals surface area contributed by atoms with Crippen molar-refractivity contribution in [2.75, 3.05) is 5.73 Å². The zero-order valence-corrected chi connectivity index (χ0v) is 14.2. The van der Waals surface area contributed by atoms with Crippen LogP contribution < -0.4 is 5.73 Å². The number of nitrogens with two attached hydrogens (primary N) is 1. The Hall–Kier alpha value is -1.81. The maximum atomic E-state index is 12.2. The fourth-order valence-corrected chi connectivity index (χ4v) is 3.11. The van der Waals surface area contributed by atoms with Gasteiger partial charge in [0.1, 0.15) is 10.6 Å². The van der Waals surface area contributed by atoms with E-state index in [2.05, 4.69) is 31.2 Å². The van der Waals surface area contributed by atoms with Crippen LogP contribution in [0.3, 0.4) is 0 Å². The van der Waals surface area contributed by atoms with E-state index in [1.165, 1.54) is 29.7 Å². The van der Waals surface area contributed by atoms with Crippen molar-refractivity contribution < 1.29 is 9.53 Å². The largest absolute Gasteiger partial charge is 0.459 e. The van der Waals surface area contributed by atoms with Gasteiger partial charge in [0.15, 0.2) is 0 Å². The van der Waals surface area contributed by atoms with Gasteiger partial charge in [-0.05, 0) is 37.8 Å². The van der Waals surface area contributed by atoms with Crippen LogP contribution in [0.25, 0.3) is 11.1 Å². The van der Waals surface area contributed by atoms with Gasteiger partial charge in [-0.15, -0.1) is 11.3 Å². The van der Waals surface area contributed by atoms with Crippen molar-refractivity contribution >= 4 is 22.3 Å². The third-order valence-corrected chi connectivity index (χ3v) is 4.26. The van der Waals surface area contributed by atoms with Crippen LogP contribution in [0.4, 0.5) is 5.00 Å². The van der Waals surface area contributed by atoms with E-state index in [4.69, 9.17) is 10.5 Å². The van der Waals surface area contributed by atoms with Crippen LogP contribution in [-0.4, -0.2) is 12.1 Å². The number of unbranched alkanes of at least 4 members (excludes halogenated alkanes) is 1. The van der Waals surface area contributed by atoms with Gasteiger partial charge in [-0.3, -0.25) is 0 Å². The molecule has 0 aliphatic carbocycles. The lowest BCUT2D eigenvalue weighted by atomic mass is 10.0. The zero-order chi connectivity index (χ0) is 16.1. The van der Waals surface area contributed by atoms with Crippen molar-refractivity contribution in [2.24, 2.45) is 0 Å². The molecule has 0 saturated heterocycles. The second-order valence-corrected chi connectivity index (χ2v) is 6.55. The summed E-state index contributed by atoms with van der Waals surface area (Å²) >= 11 is 1.38. The molecular formula is C18H23NO2S. The summed E-state index contributed by atoms with van der Waals surface area (Å²) in [7, 11) is 0. The number of esters is 1. The van der Waals surface area contributed by atoms with Crippen molar-refractivity contribution in [2.45, 2.75) is 46.1 Å². The molecule has 4 heteroatoms. The Balaban J connectivity index is 2.27. The van der Waals surface area contributed by atoms with Crippen LogP contribution in [0, 0.1) is 0 Å². The number of benzene rings is 1. The zero-order valence-electron chi connectivity index (χ0n) is 13.4. The van der Waals surface area contributed by atoms with Gasteiger partial charge in [0, 0.05) is 10.9 Å². The van der Waals surface area contributed by atoms with E-state index in [1.54, 1.807) is 0 Å². The fraction of sp³-hybridized carbons (Fsp3) is 0.389. The summed E-state index contributed by atoms with van der Waals surface area (Å²) in [5, 5.41) is 2.43. The minimum Gasteiger partial charge on any atom is -0.459 e. The predicted molar refractivity (Wildman–Crippen MR) is 93.3 cm³/mol. The van der Waals surface area contributed by atoms with Crippen molar-refractivity contribution in [3.8, 4) is 11.1 Å². The average molecular weight is 317 g/mol. The smallest absolute Gasteiger partial charge is 0.342 e. The molecule has 0 saturated carbocycles. The molecule has 0 fully saturated rings. The number of hydrogen-bond acceptors (Lipinski definition) is 4. The first-order valence-corrected chi connectivity index (χ1v) is 8.58. The summed E-state index contributed by atoms with van der Waals surface area (Å²) in [4.78, 5) is 12.2. The highest BCUT2D eigenvalue weighted by molar-refractivity contribution is 7.14. The topological polar surface area (TPSA) is 52.3 Å². The Morgan fingerprint density at radius 2 is 1.95 bits per heavy atom. The minimum absolute atomic E-state index is 0.156. The summed E-state index contributed by atoms with van der Waals surface area (Å²) < 4.78 is 5.30. The summed E-state index contributed by atoms with van der Waals surface area (Å²) in [6, 6.07) is 8.35. The number of nitrogen functional groups attached to an aromatic ring is 1. The number of rotatable bonds is 6. The molecule has 1 heterocycles. The standard InChI is InChI=1S/C18H23NO2S/c1-4-5-6-13-7-9-14(10-8-13)15-11-22-17(19)16(15)18(20)21-12(2)3/h7-12H,4-6,19H2,1-3H3. The van der Waals surface area contributed by atoms with E-state index in [-0.39, 0.29) is 12.1 Å². The molecule has 0 unspecified atom stereocenters. The molecular weight excluding hydrogens is 294 g/mol. The first kappa shape index (κ1) is 16.6. The number of anilines is 1. The molecule has 2 rings (SSSR count). The molecule has 0 aliphatic heterocycles. The predicted octanol–water partition coefficient (Wildman–Crippen LogP) is 4.91. The highest BCUT2D eigenvalue weighted by Crippen LogP contribution is 2.34. The number of carbonyl (C=O) groups is 1. The van der Waals surface area contributed by atoms with E-state index in [0.29, 0.717) is 10.6 Å². The molecule has 1 aromatic heterocycles. The first-order chi connectivity index (χ1) is 10.5. The van der Waals surface area contributed by atoms with Crippen LogP contribution in [0.15, 0.2) is 29.6 Å². The van der Waals surface area contributed by atoms with Gasteiger partial charge >= 0.3 is 5.97 Å². The van der Waals surface area contributed by atoms with Crippen molar-refractivity contribution in [1.82, 2.24) is 0 Å². The summed E-state index contributed by atoms with van der Waals surface area (Å²) in [6.45, 7) is 5.86. The molecule has 0 amide bonds. The van der Waals surface area contributed by atoms with Gasteiger partial charge in [0.2, 0.25) is 0 Å². The molecule has 0 aliphatic rings. The van der Waals surface area contributed by atoms with Crippen LogP contribution in [0.5, 0.6) is 0 Å². The molecule has 22 heavy (non-hydrogen) atoms. The molecule has 2 N–H and O–H groups in total. The lowest BCUT2D eigenvalue weighted by Gasteiger charge is -2.10. The Kier molecular flexibility index (Phi) is 5.61. The Bertz CT molecular complexity index is 629. The Morgan fingerprint density at radius 3 is 2.55 bits per heavy atom. The van der Waals surface area contributed by atoms with E-state index >= 15 is 0 Å². The second-order valence-electron chi connectivity index (χ2n) is 5.64. The average Bonchev–Trinajstić information content (AvgIpc) is 2.87. The number of carbonyl (C=O) groups excluding carboxylic acids is 1. The van der Waals surface area contributed by atoms with Gasteiger partial charge in [-0.25, -0.2) is 4.79 Å². The maximum absolute atomic E-state index is 12.2. The SMILES string of the molecule is CCCCc1ccc(-c2csc(N)c2C(=O)OC(C)C)cc1. The maximum Gasteiger partial charge on any atom is 0.342 e. The normalized spacial score (nSPS) is 10.9. The Labute approximate surface area is 136 Å². The summed E-state index contributed by atoms with van der Waals surface area (Å²) in [5.74, 6) is -0.348. The van der Waals surface area contributed by atoms with Crippen LogP contribution in [-0.2, 0) is 11.2 Å². The number of thiophene rings is 1. The van der Waals surface area contributed by atoms with Crippen LogP contribution >= 0.6 is 11.3 Å². The van der Waals surface area contributed by atoms with E-state index in [0.717, 1.165) is 17.5 Å². The van der Waals surface area contributed by atoms with E-state index in [1.807, 2.05) is 19.2 Å². The van der Waals surface area contributed by atoms with Crippen molar-refractivity contribution in [3.63, 3.8) is 0 Å². The highest BCUT2D eigenvalue weighted by Gasteiger charge is 2.20. The molecule has 0 radical (unpaired) electrons. The summed E-state index contributed by atoms with van der Waals surface area (Å²) in [5.41, 5.74) is 9.63. The minimum atomic E-state index is -0.348. The van der Waals surface area contributed by atoms with Gasteiger partial charge in [0.05, 0.1) is 6.10 Å². The molecule has 0 bridgehead atoms. The van der Waals surface area contributed by atoms with Gasteiger partial charge < -0.3 is 10.5 Å². The first-order valence-electron chi connectivity index (χ1n) is 7.70. The fourth-order valence-electron chi connectivity index (χ4n) is 2.30. The monoisotopic (exact) mass is 317 g/mol. The molecule has 118 valence electrons. The molecule has 0 atom stereocenters. The number of aryl methyl sites for hydroxylation is 1. The third-order valence-electron chi connectivity index (χ3n) is 3.45. The lowest BCUT2D eigenvalue weighted by molar-refractivity contribution is 0.0380. The van der Waals surface area contributed by atoms with E-state index in [9.17, 15) is 4.79 Å². The number of ether oxygens (including phenoxy) is 1. The third kappa shape index (κ3) is 3.89. The number of hydrogen-bond donors (Lipinski definition) is 1. The van der Waals surface area contributed by atoms with Crippen molar-refractivity contribution in [3.05, 3.63) is 40.8 Å². The van der Waals surface area contributed by atoms with Crippen LogP contribution in [0.2, 0.25) is 0 Å². The van der Waals surface area contributed by atoms with Crippen LogP contribution in [0.1, 0.15) is 49.5 Å². The van der Waals surface area contributed by atoms with Gasteiger partial charge in [-0.1, -0.05) is 37.6 Å². The van der Waals surface area contributed by atoms with Gasteiger partial charge in [-0.2, -0.15) is 0 Å². The molecule has 1 aromatic carbocycles. The summed E-state index contributed by atoms with van der Waals surface area (Å²) in [6.07, 6.45) is 3.31. The lowest BCUT2D eigenvalue weighted by Crippen LogP contribution is -2.13. The van der Waals surface area contributed by atoms with E-state index < -0.39 is 0 Å².